The summed E-state index contributed by atoms with van der Waals surface area (Å²) in [5, 5.41) is 13.3. The molecule has 0 saturated carbocycles. The number of aromatic nitrogens is 5. The van der Waals surface area contributed by atoms with E-state index < -0.39 is 0 Å². The molecule has 0 radical (unpaired) electrons. The van der Waals surface area contributed by atoms with Crippen LogP contribution in [-0.2, 0) is 17.9 Å². The molecular formula is C15H14N6O2. The van der Waals surface area contributed by atoms with E-state index in [2.05, 4.69) is 25.8 Å². The SMILES string of the molecule is O=C(Cn1cnnn1)Nc1ccc(OCc2ccccc2)nc1. The summed E-state index contributed by atoms with van der Waals surface area (Å²) in [7, 11) is 0. The Morgan fingerprint density at radius 3 is 2.74 bits per heavy atom. The molecule has 8 nitrogen and oxygen atoms in total. The quantitative estimate of drug-likeness (QED) is 0.737. The highest BCUT2D eigenvalue weighted by molar-refractivity contribution is 5.90. The minimum atomic E-state index is -0.239. The largest absolute Gasteiger partial charge is 0.473 e. The molecule has 0 aliphatic rings. The molecule has 1 N–H and O–H groups in total. The molecule has 3 aromatic rings. The molecule has 3 rings (SSSR count). The van der Waals surface area contributed by atoms with E-state index in [1.54, 1.807) is 12.1 Å². The van der Waals surface area contributed by atoms with Gasteiger partial charge in [0.1, 0.15) is 19.5 Å². The Kier molecular flexibility index (Phi) is 4.53. The van der Waals surface area contributed by atoms with Crippen LogP contribution in [-0.4, -0.2) is 31.1 Å². The van der Waals surface area contributed by atoms with Crippen LogP contribution in [0.4, 0.5) is 5.69 Å². The van der Waals surface area contributed by atoms with Crippen LogP contribution < -0.4 is 10.1 Å². The number of tetrazole rings is 1. The van der Waals surface area contributed by atoms with Gasteiger partial charge in [-0.15, -0.1) is 5.10 Å². The van der Waals surface area contributed by atoms with Gasteiger partial charge >= 0.3 is 0 Å². The number of anilines is 1. The lowest BCUT2D eigenvalue weighted by molar-refractivity contribution is -0.116. The molecule has 1 amide bonds. The number of amides is 1. The summed E-state index contributed by atoms with van der Waals surface area (Å²) in [6.07, 6.45) is 2.91. The number of hydrogen-bond donors (Lipinski definition) is 1. The molecule has 116 valence electrons. The van der Waals surface area contributed by atoms with Crippen molar-refractivity contribution in [2.75, 3.05) is 5.32 Å². The van der Waals surface area contributed by atoms with Gasteiger partial charge in [-0.25, -0.2) is 9.67 Å². The van der Waals surface area contributed by atoms with E-state index in [4.69, 9.17) is 4.74 Å². The zero-order chi connectivity index (χ0) is 15.9. The van der Waals surface area contributed by atoms with Crippen LogP contribution in [0.2, 0.25) is 0 Å². The lowest BCUT2D eigenvalue weighted by Crippen LogP contribution is -2.19. The lowest BCUT2D eigenvalue weighted by Gasteiger charge is -2.07. The second-order valence-corrected chi connectivity index (χ2v) is 4.71. The monoisotopic (exact) mass is 310 g/mol. The van der Waals surface area contributed by atoms with Crippen molar-refractivity contribution in [3.8, 4) is 5.88 Å². The molecule has 2 aromatic heterocycles. The summed E-state index contributed by atoms with van der Waals surface area (Å²) < 4.78 is 6.92. The van der Waals surface area contributed by atoms with E-state index in [1.165, 1.54) is 17.2 Å². The van der Waals surface area contributed by atoms with Crippen LogP contribution >= 0.6 is 0 Å². The van der Waals surface area contributed by atoms with E-state index in [0.29, 0.717) is 18.2 Å². The van der Waals surface area contributed by atoms with E-state index >= 15 is 0 Å². The zero-order valence-electron chi connectivity index (χ0n) is 12.2. The zero-order valence-corrected chi connectivity index (χ0v) is 12.2. The number of nitrogens with one attached hydrogen (secondary N) is 1. The van der Waals surface area contributed by atoms with Crippen LogP contribution in [0.3, 0.4) is 0 Å². The molecule has 0 aliphatic carbocycles. The Morgan fingerprint density at radius 2 is 2.04 bits per heavy atom. The van der Waals surface area contributed by atoms with Crippen LogP contribution in [0.25, 0.3) is 0 Å². The number of hydrogen-bond acceptors (Lipinski definition) is 6. The first kappa shape index (κ1) is 14.6. The highest BCUT2D eigenvalue weighted by atomic mass is 16.5. The fourth-order valence-electron chi connectivity index (χ4n) is 1.87. The molecule has 1 aromatic carbocycles. The van der Waals surface area contributed by atoms with Gasteiger partial charge < -0.3 is 10.1 Å². The molecule has 8 heteroatoms. The molecule has 0 saturated heterocycles. The number of benzene rings is 1. The molecule has 0 aliphatic heterocycles. The van der Waals surface area contributed by atoms with Crippen molar-refractivity contribution >= 4 is 11.6 Å². The van der Waals surface area contributed by atoms with E-state index in [-0.39, 0.29) is 12.5 Å². The predicted octanol–water partition coefficient (Wildman–Crippen LogP) is 1.29. The fourth-order valence-corrected chi connectivity index (χ4v) is 1.87. The van der Waals surface area contributed by atoms with Gasteiger partial charge in [0.15, 0.2) is 0 Å². The summed E-state index contributed by atoms with van der Waals surface area (Å²) in [5.74, 6) is 0.254. The Balaban J connectivity index is 1.51. The smallest absolute Gasteiger partial charge is 0.246 e. The van der Waals surface area contributed by atoms with Crippen LogP contribution in [0, 0.1) is 0 Å². The number of pyridine rings is 1. The molecule has 0 bridgehead atoms. The fraction of sp³-hybridized carbons (Fsp3) is 0.133. The lowest BCUT2D eigenvalue weighted by atomic mass is 10.2. The third-order valence-electron chi connectivity index (χ3n) is 2.95. The first-order chi connectivity index (χ1) is 11.3. The van der Waals surface area contributed by atoms with Crippen LogP contribution in [0.1, 0.15) is 5.56 Å². The van der Waals surface area contributed by atoms with Gasteiger partial charge in [-0.2, -0.15) is 0 Å². The predicted molar refractivity (Wildman–Crippen MR) is 81.5 cm³/mol. The van der Waals surface area contributed by atoms with Gasteiger partial charge in [0.25, 0.3) is 0 Å². The maximum atomic E-state index is 11.8. The van der Waals surface area contributed by atoms with Crippen molar-refractivity contribution in [2.45, 2.75) is 13.2 Å². The second-order valence-electron chi connectivity index (χ2n) is 4.71. The van der Waals surface area contributed by atoms with Gasteiger partial charge in [0.05, 0.1) is 11.9 Å². The van der Waals surface area contributed by atoms with Gasteiger partial charge in [-0.3, -0.25) is 4.79 Å². The van der Waals surface area contributed by atoms with Gasteiger partial charge in [0, 0.05) is 6.07 Å². The van der Waals surface area contributed by atoms with Crippen LogP contribution in [0.15, 0.2) is 55.0 Å². The molecule has 2 heterocycles. The number of nitrogens with zero attached hydrogens (tertiary/aromatic N) is 5. The normalized spacial score (nSPS) is 10.3. The third kappa shape index (κ3) is 4.34. The van der Waals surface area contributed by atoms with E-state index in [0.717, 1.165) is 5.56 Å². The van der Waals surface area contributed by atoms with Crippen molar-refractivity contribution in [1.82, 2.24) is 25.2 Å². The standard InChI is InChI=1S/C15H14N6O2/c22-14(9-21-11-17-19-20-21)18-13-6-7-15(16-8-13)23-10-12-4-2-1-3-5-12/h1-8,11H,9-10H2,(H,18,22). The minimum absolute atomic E-state index is 0.0409. The first-order valence-electron chi connectivity index (χ1n) is 6.93. The van der Waals surface area contributed by atoms with Gasteiger partial charge in [0.2, 0.25) is 11.8 Å². The van der Waals surface area contributed by atoms with Gasteiger partial charge in [-0.05, 0) is 22.1 Å². The van der Waals surface area contributed by atoms with Crippen molar-refractivity contribution in [2.24, 2.45) is 0 Å². The minimum Gasteiger partial charge on any atom is -0.473 e. The number of carbonyl (C=O) groups excluding carboxylic acids is 1. The number of carbonyl (C=O) groups is 1. The number of ether oxygens (including phenoxy) is 1. The summed E-state index contributed by atoms with van der Waals surface area (Å²) in [6, 6.07) is 13.3. The van der Waals surface area contributed by atoms with E-state index in [1.807, 2.05) is 30.3 Å². The first-order valence-corrected chi connectivity index (χ1v) is 6.93. The summed E-state index contributed by atoms with van der Waals surface area (Å²) in [4.78, 5) is 15.9. The summed E-state index contributed by atoms with van der Waals surface area (Å²) in [5.41, 5.74) is 1.64. The van der Waals surface area contributed by atoms with Crippen molar-refractivity contribution in [3.63, 3.8) is 0 Å². The molecular weight excluding hydrogens is 296 g/mol. The molecule has 23 heavy (non-hydrogen) atoms. The maximum Gasteiger partial charge on any atom is 0.246 e. The highest BCUT2D eigenvalue weighted by Crippen LogP contribution is 2.13. The van der Waals surface area contributed by atoms with Crippen molar-refractivity contribution in [1.29, 1.82) is 0 Å². The Hall–Kier alpha value is -3.29. The van der Waals surface area contributed by atoms with Gasteiger partial charge in [-0.1, -0.05) is 30.3 Å². The molecule has 0 fully saturated rings. The molecule has 0 atom stereocenters. The highest BCUT2D eigenvalue weighted by Gasteiger charge is 2.05. The summed E-state index contributed by atoms with van der Waals surface area (Å²) >= 11 is 0. The van der Waals surface area contributed by atoms with E-state index in [9.17, 15) is 4.79 Å². The Labute approximate surface area is 132 Å². The summed E-state index contributed by atoms with van der Waals surface area (Å²) in [6.45, 7) is 0.484. The van der Waals surface area contributed by atoms with Crippen molar-refractivity contribution in [3.05, 3.63) is 60.6 Å². The van der Waals surface area contributed by atoms with Crippen molar-refractivity contribution < 1.29 is 9.53 Å². The molecule has 0 spiro atoms. The third-order valence-corrected chi connectivity index (χ3v) is 2.95. The maximum absolute atomic E-state index is 11.8. The number of rotatable bonds is 6. The molecule has 0 unspecified atom stereocenters. The Bertz CT molecular complexity index is 743. The van der Waals surface area contributed by atoms with Crippen LogP contribution in [0.5, 0.6) is 5.88 Å². The topological polar surface area (TPSA) is 94.8 Å². The second kappa shape index (κ2) is 7.12. The average Bonchev–Trinajstić information content (AvgIpc) is 3.08. The average molecular weight is 310 g/mol. The Morgan fingerprint density at radius 1 is 1.17 bits per heavy atom.